The molecule has 0 radical (unpaired) electrons. The van der Waals surface area contributed by atoms with Gasteiger partial charge in [0.05, 0.1) is 12.9 Å². The van der Waals surface area contributed by atoms with E-state index in [0.29, 0.717) is 12.0 Å². The van der Waals surface area contributed by atoms with Crippen molar-refractivity contribution in [3.63, 3.8) is 0 Å². The molecule has 1 aromatic rings. The standard InChI is InChI=1S/C15H24N4O2/c1-12(8-18-6-5-16-11-18)17-15(20)19(14-2-3-14)9-13-4-7-21-10-13/h5-6,11-14H,2-4,7-10H2,1H3,(H,17,20)/t12-,13+/m0/s1. The van der Waals surface area contributed by atoms with E-state index in [4.69, 9.17) is 4.74 Å². The molecule has 2 aliphatic rings. The monoisotopic (exact) mass is 292 g/mol. The molecule has 21 heavy (non-hydrogen) atoms. The van der Waals surface area contributed by atoms with Crippen molar-refractivity contribution in [1.29, 1.82) is 0 Å². The number of rotatable bonds is 6. The van der Waals surface area contributed by atoms with Gasteiger partial charge in [-0.25, -0.2) is 9.78 Å². The summed E-state index contributed by atoms with van der Waals surface area (Å²) in [6.45, 7) is 5.23. The second-order valence-electron chi connectivity index (χ2n) is 6.22. The zero-order valence-corrected chi connectivity index (χ0v) is 12.6. The van der Waals surface area contributed by atoms with Crippen LogP contribution in [0.4, 0.5) is 4.79 Å². The predicted octanol–water partition coefficient (Wildman–Crippen LogP) is 1.48. The average Bonchev–Trinajstić information content (AvgIpc) is 2.94. The molecule has 1 N–H and O–H groups in total. The Morgan fingerprint density at radius 1 is 1.52 bits per heavy atom. The van der Waals surface area contributed by atoms with Crippen LogP contribution in [0.2, 0.25) is 0 Å². The molecular weight excluding hydrogens is 268 g/mol. The second-order valence-corrected chi connectivity index (χ2v) is 6.22. The number of carbonyl (C=O) groups is 1. The normalized spacial score (nSPS) is 23.0. The van der Waals surface area contributed by atoms with E-state index in [1.165, 1.54) is 0 Å². The predicted molar refractivity (Wildman–Crippen MR) is 78.9 cm³/mol. The summed E-state index contributed by atoms with van der Waals surface area (Å²) in [6.07, 6.45) is 8.79. The Kier molecular flexibility index (Phi) is 4.43. The SMILES string of the molecule is C[C@@H](Cn1ccnc1)NC(=O)N(C[C@H]1CCOC1)C1CC1. The van der Waals surface area contributed by atoms with Gasteiger partial charge >= 0.3 is 6.03 Å². The highest BCUT2D eigenvalue weighted by molar-refractivity contribution is 5.75. The maximum Gasteiger partial charge on any atom is 0.317 e. The minimum Gasteiger partial charge on any atom is -0.381 e. The molecule has 1 aliphatic carbocycles. The Morgan fingerprint density at radius 3 is 3.00 bits per heavy atom. The number of amides is 2. The van der Waals surface area contributed by atoms with Crippen molar-refractivity contribution < 1.29 is 9.53 Å². The van der Waals surface area contributed by atoms with Gasteiger partial charge in [-0.3, -0.25) is 0 Å². The van der Waals surface area contributed by atoms with Crippen molar-refractivity contribution >= 4 is 6.03 Å². The summed E-state index contributed by atoms with van der Waals surface area (Å²) in [5.41, 5.74) is 0. The first-order valence-electron chi connectivity index (χ1n) is 7.83. The van der Waals surface area contributed by atoms with Crippen molar-refractivity contribution in [3.05, 3.63) is 18.7 Å². The van der Waals surface area contributed by atoms with Crippen LogP contribution in [0, 0.1) is 5.92 Å². The number of hydrogen-bond donors (Lipinski definition) is 1. The lowest BCUT2D eigenvalue weighted by molar-refractivity contribution is 0.160. The van der Waals surface area contributed by atoms with Crippen LogP contribution in [0.3, 0.4) is 0 Å². The Hall–Kier alpha value is -1.56. The molecule has 2 fully saturated rings. The fraction of sp³-hybridized carbons (Fsp3) is 0.733. The lowest BCUT2D eigenvalue weighted by atomic mass is 10.1. The van der Waals surface area contributed by atoms with E-state index in [1.807, 2.05) is 22.6 Å². The molecular formula is C15H24N4O2. The molecule has 1 saturated carbocycles. The molecule has 1 aromatic heterocycles. The molecule has 6 heteroatoms. The van der Waals surface area contributed by atoms with E-state index in [9.17, 15) is 4.79 Å². The molecule has 0 aromatic carbocycles. The van der Waals surface area contributed by atoms with Crippen LogP contribution in [0.5, 0.6) is 0 Å². The smallest absolute Gasteiger partial charge is 0.317 e. The molecule has 0 bridgehead atoms. The molecule has 116 valence electrons. The highest BCUT2D eigenvalue weighted by Gasteiger charge is 2.35. The van der Waals surface area contributed by atoms with Gasteiger partial charge in [-0.15, -0.1) is 0 Å². The van der Waals surface area contributed by atoms with E-state index < -0.39 is 0 Å². The van der Waals surface area contributed by atoms with Crippen molar-refractivity contribution in [2.24, 2.45) is 5.92 Å². The van der Waals surface area contributed by atoms with Gasteiger partial charge in [0.25, 0.3) is 0 Å². The minimum absolute atomic E-state index is 0.0667. The van der Waals surface area contributed by atoms with Gasteiger partial charge in [-0.05, 0) is 26.2 Å². The van der Waals surface area contributed by atoms with Crippen LogP contribution in [-0.4, -0.2) is 52.3 Å². The summed E-state index contributed by atoms with van der Waals surface area (Å²) in [4.78, 5) is 18.5. The Bertz CT molecular complexity index is 452. The molecule has 3 rings (SSSR count). The molecule has 1 aliphatic heterocycles. The minimum atomic E-state index is 0.0667. The lowest BCUT2D eigenvalue weighted by Crippen LogP contribution is -2.47. The van der Waals surface area contributed by atoms with E-state index >= 15 is 0 Å². The van der Waals surface area contributed by atoms with Gasteiger partial charge in [-0.2, -0.15) is 0 Å². The topological polar surface area (TPSA) is 59.4 Å². The second kappa shape index (κ2) is 6.47. The van der Waals surface area contributed by atoms with Gasteiger partial charge in [-0.1, -0.05) is 0 Å². The molecule has 2 amide bonds. The number of imidazole rings is 1. The van der Waals surface area contributed by atoms with Crippen LogP contribution in [0.1, 0.15) is 26.2 Å². The highest BCUT2D eigenvalue weighted by Crippen LogP contribution is 2.29. The molecule has 1 saturated heterocycles. The summed E-state index contributed by atoms with van der Waals surface area (Å²) < 4.78 is 7.40. The van der Waals surface area contributed by atoms with Crippen molar-refractivity contribution in [2.45, 2.75) is 44.8 Å². The number of hydrogen-bond acceptors (Lipinski definition) is 3. The van der Waals surface area contributed by atoms with Crippen molar-refractivity contribution in [1.82, 2.24) is 19.8 Å². The summed E-state index contributed by atoms with van der Waals surface area (Å²) in [5.74, 6) is 0.500. The molecule has 0 unspecified atom stereocenters. The average molecular weight is 292 g/mol. The first-order valence-corrected chi connectivity index (χ1v) is 7.83. The first kappa shape index (κ1) is 14.4. The molecule has 0 spiro atoms. The third-order valence-electron chi connectivity index (χ3n) is 4.14. The summed E-state index contributed by atoms with van der Waals surface area (Å²) in [6, 6.07) is 0.593. The zero-order valence-electron chi connectivity index (χ0n) is 12.6. The number of urea groups is 1. The van der Waals surface area contributed by atoms with Crippen LogP contribution >= 0.6 is 0 Å². The maximum absolute atomic E-state index is 12.5. The fourth-order valence-corrected chi connectivity index (χ4v) is 2.84. The zero-order chi connectivity index (χ0) is 14.7. The summed E-state index contributed by atoms with van der Waals surface area (Å²) in [7, 11) is 0. The lowest BCUT2D eigenvalue weighted by Gasteiger charge is -2.27. The number of aromatic nitrogens is 2. The van der Waals surface area contributed by atoms with Gasteiger partial charge in [0, 0.05) is 50.1 Å². The maximum atomic E-state index is 12.5. The van der Waals surface area contributed by atoms with E-state index in [0.717, 1.165) is 45.6 Å². The Labute approximate surface area is 125 Å². The fourth-order valence-electron chi connectivity index (χ4n) is 2.84. The van der Waals surface area contributed by atoms with Crippen LogP contribution in [0.25, 0.3) is 0 Å². The number of ether oxygens (including phenoxy) is 1. The van der Waals surface area contributed by atoms with Crippen LogP contribution in [-0.2, 0) is 11.3 Å². The number of nitrogens with one attached hydrogen (secondary N) is 1. The number of carbonyl (C=O) groups excluding carboxylic acids is 1. The van der Waals surface area contributed by atoms with Gasteiger partial charge in [0.1, 0.15) is 0 Å². The van der Waals surface area contributed by atoms with Crippen LogP contribution in [0.15, 0.2) is 18.7 Å². The number of nitrogens with zero attached hydrogens (tertiary/aromatic N) is 3. The third-order valence-corrected chi connectivity index (χ3v) is 4.14. The Balaban J connectivity index is 1.51. The largest absolute Gasteiger partial charge is 0.381 e. The molecule has 6 nitrogen and oxygen atoms in total. The molecule has 2 atom stereocenters. The first-order chi connectivity index (χ1) is 10.2. The Morgan fingerprint density at radius 2 is 2.38 bits per heavy atom. The highest BCUT2D eigenvalue weighted by atomic mass is 16.5. The van der Waals surface area contributed by atoms with E-state index in [2.05, 4.69) is 10.3 Å². The van der Waals surface area contributed by atoms with Crippen molar-refractivity contribution in [3.8, 4) is 0 Å². The van der Waals surface area contributed by atoms with Gasteiger partial charge in [0.2, 0.25) is 0 Å². The quantitative estimate of drug-likeness (QED) is 0.864. The summed E-state index contributed by atoms with van der Waals surface area (Å²) >= 11 is 0. The third kappa shape index (κ3) is 3.97. The van der Waals surface area contributed by atoms with Crippen LogP contribution < -0.4 is 5.32 Å². The van der Waals surface area contributed by atoms with E-state index in [-0.39, 0.29) is 12.1 Å². The summed E-state index contributed by atoms with van der Waals surface area (Å²) in [5, 5.41) is 3.11. The van der Waals surface area contributed by atoms with E-state index in [1.54, 1.807) is 12.5 Å². The van der Waals surface area contributed by atoms with Crippen molar-refractivity contribution in [2.75, 3.05) is 19.8 Å². The van der Waals surface area contributed by atoms with Gasteiger partial charge in [0.15, 0.2) is 0 Å². The molecule has 2 heterocycles. The van der Waals surface area contributed by atoms with Gasteiger partial charge < -0.3 is 19.5 Å².